The van der Waals surface area contributed by atoms with Gasteiger partial charge in [-0.15, -0.1) is 0 Å². The number of allylic oxidation sites excluding steroid dienone is 2. The molecule has 1 rings (SSSR count). The normalized spacial score (nSPS) is 13.1. The van der Waals surface area contributed by atoms with Gasteiger partial charge in [-0.1, -0.05) is 24.3 Å². The summed E-state index contributed by atoms with van der Waals surface area (Å²) in [6.45, 7) is 5.59. The van der Waals surface area contributed by atoms with Crippen molar-refractivity contribution in [3.63, 3.8) is 0 Å². The Morgan fingerprint density at radius 1 is 1.69 bits per heavy atom. The van der Waals surface area contributed by atoms with Gasteiger partial charge in [-0.25, -0.2) is 4.98 Å². The number of aliphatic carboxylic acids is 1. The number of nitrogens with zero attached hydrogens (tertiary/aromatic N) is 1. The number of rotatable bonds is 4. The van der Waals surface area contributed by atoms with Crippen LogP contribution in [0.1, 0.15) is 19.2 Å². The third-order valence-electron chi connectivity index (χ3n) is 1.99. The minimum Gasteiger partial charge on any atom is -0.481 e. The molecule has 0 aromatic carbocycles. The maximum atomic E-state index is 10.4. The number of halogens is 1. The van der Waals surface area contributed by atoms with E-state index in [-0.39, 0.29) is 6.42 Å². The van der Waals surface area contributed by atoms with Crippen LogP contribution in [-0.4, -0.2) is 21.0 Å². The Balaban J connectivity index is 2.95. The standard InChI is InChI=1S/C11H13ClN2O2/c1-3-8(12)6-9-7(2)13-10(14-9)4-5-11(15)16/h3,6H,2,4-5H2,1H3,(H,13,14)(H,15,16)/b8-3+,9-6+. The molecule has 1 heterocycles. The molecule has 0 fully saturated rings. The summed E-state index contributed by atoms with van der Waals surface area (Å²) < 4.78 is 0. The second kappa shape index (κ2) is 5.51. The summed E-state index contributed by atoms with van der Waals surface area (Å²) in [5.41, 5.74) is 0. The predicted molar refractivity (Wildman–Crippen MR) is 63.4 cm³/mol. The third kappa shape index (κ3) is 3.55. The van der Waals surface area contributed by atoms with E-state index in [9.17, 15) is 4.79 Å². The summed E-state index contributed by atoms with van der Waals surface area (Å²) in [5.74, 6) is -0.238. The van der Waals surface area contributed by atoms with Crippen LogP contribution in [0.2, 0.25) is 0 Å². The highest BCUT2D eigenvalue weighted by molar-refractivity contribution is 6.33. The van der Waals surface area contributed by atoms with Gasteiger partial charge in [0, 0.05) is 11.5 Å². The van der Waals surface area contributed by atoms with Crippen molar-refractivity contribution < 1.29 is 9.90 Å². The zero-order valence-corrected chi connectivity index (χ0v) is 9.71. The van der Waals surface area contributed by atoms with Crippen molar-refractivity contribution in [3.8, 4) is 0 Å². The fourth-order valence-corrected chi connectivity index (χ4v) is 1.26. The molecule has 2 N–H and O–H groups in total. The Hall–Kier alpha value is -1.55. The van der Waals surface area contributed by atoms with E-state index in [2.05, 4.69) is 16.5 Å². The maximum absolute atomic E-state index is 10.4. The molecule has 0 unspecified atom stereocenters. The highest BCUT2D eigenvalue weighted by Crippen LogP contribution is 2.00. The number of aromatic nitrogens is 2. The number of hydrogen-bond donors (Lipinski definition) is 2. The molecule has 1 aromatic rings. The van der Waals surface area contributed by atoms with Crippen LogP contribution in [0.15, 0.2) is 11.1 Å². The van der Waals surface area contributed by atoms with Gasteiger partial charge in [0.25, 0.3) is 0 Å². The molecule has 5 heteroatoms. The first-order chi connectivity index (χ1) is 7.52. The fourth-order valence-electron chi connectivity index (χ4n) is 1.16. The van der Waals surface area contributed by atoms with Crippen LogP contribution in [0.25, 0.3) is 12.7 Å². The molecule has 0 bridgehead atoms. The number of aromatic amines is 1. The second-order valence-corrected chi connectivity index (χ2v) is 3.70. The van der Waals surface area contributed by atoms with Crippen LogP contribution >= 0.6 is 11.6 Å². The Morgan fingerprint density at radius 2 is 2.38 bits per heavy atom. The van der Waals surface area contributed by atoms with Crippen molar-refractivity contribution in [2.75, 3.05) is 0 Å². The Labute approximate surface area is 98.0 Å². The molecule has 86 valence electrons. The Kier molecular flexibility index (Phi) is 4.31. The molecular formula is C11H13ClN2O2. The van der Waals surface area contributed by atoms with Crippen molar-refractivity contribution in [3.05, 3.63) is 27.6 Å². The lowest BCUT2D eigenvalue weighted by atomic mass is 10.3. The maximum Gasteiger partial charge on any atom is 0.303 e. The molecule has 1 aromatic heterocycles. The van der Waals surface area contributed by atoms with Crippen LogP contribution in [-0.2, 0) is 11.2 Å². The number of nitrogens with one attached hydrogen (secondary N) is 1. The second-order valence-electron chi connectivity index (χ2n) is 3.26. The van der Waals surface area contributed by atoms with Crippen molar-refractivity contribution in [1.29, 1.82) is 0 Å². The summed E-state index contributed by atoms with van der Waals surface area (Å²) in [5, 5.41) is 10.4. The average Bonchev–Trinajstić information content (AvgIpc) is 2.56. The summed E-state index contributed by atoms with van der Waals surface area (Å²) in [6.07, 6.45) is 3.83. The number of imidazole rings is 1. The summed E-state index contributed by atoms with van der Waals surface area (Å²) in [7, 11) is 0. The number of carboxylic acids is 1. The van der Waals surface area contributed by atoms with Gasteiger partial charge in [-0.3, -0.25) is 4.79 Å². The van der Waals surface area contributed by atoms with Gasteiger partial charge >= 0.3 is 5.97 Å². The van der Waals surface area contributed by atoms with E-state index >= 15 is 0 Å². The summed E-state index contributed by atoms with van der Waals surface area (Å²) >= 11 is 5.84. The molecule has 0 aliphatic rings. The number of carbonyl (C=O) groups is 1. The van der Waals surface area contributed by atoms with E-state index in [0.717, 1.165) is 0 Å². The van der Waals surface area contributed by atoms with E-state index in [0.29, 0.717) is 28.0 Å². The molecule has 0 aliphatic carbocycles. The molecule has 0 amide bonds. The molecule has 0 spiro atoms. The molecule has 4 nitrogen and oxygen atoms in total. The van der Waals surface area contributed by atoms with Crippen LogP contribution in [0, 0.1) is 0 Å². The van der Waals surface area contributed by atoms with Gasteiger partial charge in [-0.2, -0.15) is 0 Å². The number of H-pyrrole nitrogens is 1. The SMILES string of the molecule is C=c1[nH]c(CCC(=O)O)n/c1=C/C(Cl)=C\C. The Bertz CT molecular complexity index is 517. The molecule has 0 radical (unpaired) electrons. The van der Waals surface area contributed by atoms with Crippen LogP contribution in [0.4, 0.5) is 0 Å². The molecule has 16 heavy (non-hydrogen) atoms. The number of carboxylic acid groups (broad SMARTS) is 1. The minimum absolute atomic E-state index is 0.0454. The minimum atomic E-state index is -0.848. The predicted octanol–water partition coefficient (Wildman–Crippen LogP) is 0.760. The van der Waals surface area contributed by atoms with E-state index in [1.54, 1.807) is 12.2 Å². The summed E-state index contributed by atoms with van der Waals surface area (Å²) in [6, 6.07) is 0. The lowest BCUT2D eigenvalue weighted by molar-refractivity contribution is -0.137. The van der Waals surface area contributed by atoms with Gasteiger partial charge in [0.1, 0.15) is 5.82 Å². The molecule has 0 saturated carbocycles. The van der Waals surface area contributed by atoms with Gasteiger partial charge in [0.2, 0.25) is 0 Å². The summed E-state index contributed by atoms with van der Waals surface area (Å²) in [4.78, 5) is 17.5. The monoisotopic (exact) mass is 240 g/mol. The van der Waals surface area contributed by atoms with Crippen LogP contribution in [0.5, 0.6) is 0 Å². The molecule has 0 aliphatic heterocycles. The van der Waals surface area contributed by atoms with Gasteiger partial charge in [0.15, 0.2) is 0 Å². The van der Waals surface area contributed by atoms with Crippen LogP contribution < -0.4 is 10.7 Å². The molecule has 0 atom stereocenters. The zero-order chi connectivity index (χ0) is 12.1. The third-order valence-corrected chi connectivity index (χ3v) is 2.31. The zero-order valence-electron chi connectivity index (χ0n) is 8.96. The lowest BCUT2D eigenvalue weighted by Crippen LogP contribution is -2.22. The molecule has 0 saturated heterocycles. The highest BCUT2D eigenvalue weighted by Gasteiger charge is 2.02. The smallest absolute Gasteiger partial charge is 0.303 e. The van der Waals surface area contributed by atoms with Crippen LogP contribution in [0.3, 0.4) is 0 Å². The largest absolute Gasteiger partial charge is 0.481 e. The van der Waals surface area contributed by atoms with E-state index < -0.39 is 5.97 Å². The Morgan fingerprint density at radius 3 is 2.94 bits per heavy atom. The van der Waals surface area contributed by atoms with Crippen molar-refractivity contribution in [2.45, 2.75) is 19.8 Å². The van der Waals surface area contributed by atoms with Crippen molar-refractivity contribution >= 4 is 30.2 Å². The van der Waals surface area contributed by atoms with Gasteiger partial charge < -0.3 is 10.1 Å². The average molecular weight is 241 g/mol. The van der Waals surface area contributed by atoms with E-state index in [4.69, 9.17) is 16.7 Å². The first kappa shape index (κ1) is 12.5. The topological polar surface area (TPSA) is 66.0 Å². The first-order valence-corrected chi connectivity index (χ1v) is 5.20. The highest BCUT2D eigenvalue weighted by atomic mass is 35.5. The lowest BCUT2D eigenvalue weighted by Gasteiger charge is -1.89. The quantitative estimate of drug-likeness (QED) is 0.817. The van der Waals surface area contributed by atoms with Crippen molar-refractivity contribution in [1.82, 2.24) is 9.97 Å². The van der Waals surface area contributed by atoms with E-state index in [1.165, 1.54) is 0 Å². The molecular weight excluding hydrogens is 228 g/mol. The fraction of sp³-hybridized carbons (Fsp3) is 0.273. The van der Waals surface area contributed by atoms with Crippen molar-refractivity contribution in [2.24, 2.45) is 0 Å². The van der Waals surface area contributed by atoms with E-state index in [1.807, 2.05) is 6.92 Å². The van der Waals surface area contributed by atoms with Gasteiger partial charge in [-0.05, 0) is 13.0 Å². The number of aryl methyl sites for hydroxylation is 1. The van der Waals surface area contributed by atoms with Gasteiger partial charge in [0.05, 0.1) is 17.1 Å². The first-order valence-electron chi connectivity index (χ1n) is 4.82. The number of hydrogen-bond acceptors (Lipinski definition) is 2.